The van der Waals surface area contributed by atoms with Crippen LogP contribution in [0, 0.1) is 11.7 Å². The van der Waals surface area contributed by atoms with Crippen molar-refractivity contribution in [3.8, 4) is 5.75 Å². The summed E-state index contributed by atoms with van der Waals surface area (Å²) in [5.74, 6) is 0.505. The lowest BCUT2D eigenvalue weighted by atomic mass is 9.87. The van der Waals surface area contributed by atoms with Crippen molar-refractivity contribution in [1.29, 1.82) is 0 Å². The summed E-state index contributed by atoms with van der Waals surface area (Å²) in [6.07, 6.45) is 7.09. The number of benzene rings is 1. The zero-order valence-corrected chi connectivity index (χ0v) is 20.7. The van der Waals surface area contributed by atoms with Gasteiger partial charge in [0.05, 0.1) is 34.9 Å². The van der Waals surface area contributed by atoms with Gasteiger partial charge in [0.25, 0.3) is 0 Å². The van der Waals surface area contributed by atoms with E-state index < -0.39 is 5.82 Å². The molecule has 0 aliphatic heterocycles. The molecular weight excluding hydrogens is 503 g/mol. The molecule has 1 unspecified atom stereocenters. The molecule has 1 aliphatic carbocycles. The van der Waals surface area contributed by atoms with Gasteiger partial charge in [0, 0.05) is 22.7 Å². The molecule has 4 heterocycles. The number of amides is 1. The SMILES string of the molecule is COc1cn2nccc2cc1Nc1ncnc2sc3c(c12)CCC(C(=O)Nc1ccc(F)c(Cl)c1)C3. The number of hydrogen-bond donors (Lipinski definition) is 2. The van der Waals surface area contributed by atoms with Gasteiger partial charge in [-0.1, -0.05) is 11.6 Å². The monoisotopic (exact) mass is 522 g/mol. The van der Waals surface area contributed by atoms with E-state index in [2.05, 4.69) is 25.7 Å². The van der Waals surface area contributed by atoms with Gasteiger partial charge in [0.15, 0.2) is 5.75 Å². The molecular formula is C25H20ClFN6O2S. The van der Waals surface area contributed by atoms with Crippen molar-refractivity contribution in [3.63, 3.8) is 0 Å². The highest BCUT2D eigenvalue weighted by molar-refractivity contribution is 7.19. The normalized spacial score (nSPS) is 15.1. The Labute approximate surface area is 214 Å². The molecule has 11 heteroatoms. The highest BCUT2D eigenvalue weighted by Gasteiger charge is 2.29. The van der Waals surface area contributed by atoms with Crippen LogP contribution in [0.15, 0.2) is 49.1 Å². The van der Waals surface area contributed by atoms with E-state index in [0.717, 1.165) is 38.3 Å². The second-order valence-electron chi connectivity index (χ2n) is 8.55. The zero-order chi connectivity index (χ0) is 24.8. The number of rotatable bonds is 5. The molecule has 36 heavy (non-hydrogen) atoms. The third kappa shape index (κ3) is 4.02. The first-order valence-corrected chi connectivity index (χ1v) is 12.5. The summed E-state index contributed by atoms with van der Waals surface area (Å²) >= 11 is 7.44. The molecule has 1 aromatic carbocycles. The van der Waals surface area contributed by atoms with Gasteiger partial charge in [0.2, 0.25) is 5.91 Å². The third-order valence-electron chi connectivity index (χ3n) is 6.37. The molecule has 0 saturated heterocycles. The predicted octanol–water partition coefficient (Wildman–Crippen LogP) is 5.63. The predicted molar refractivity (Wildman–Crippen MR) is 138 cm³/mol. The maximum absolute atomic E-state index is 13.5. The summed E-state index contributed by atoms with van der Waals surface area (Å²) < 4.78 is 20.8. The van der Waals surface area contributed by atoms with Gasteiger partial charge >= 0.3 is 0 Å². The molecule has 0 spiro atoms. The number of aromatic nitrogens is 4. The van der Waals surface area contributed by atoms with Gasteiger partial charge in [-0.25, -0.2) is 18.9 Å². The van der Waals surface area contributed by atoms with Crippen molar-refractivity contribution in [2.24, 2.45) is 5.92 Å². The van der Waals surface area contributed by atoms with Gasteiger partial charge in [-0.05, 0) is 55.2 Å². The largest absolute Gasteiger partial charge is 0.493 e. The van der Waals surface area contributed by atoms with E-state index in [9.17, 15) is 9.18 Å². The second-order valence-corrected chi connectivity index (χ2v) is 10.0. The molecule has 182 valence electrons. The number of carbonyl (C=O) groups is 1. The number of methoxy groups -OCH3 is 1. The molecule has 1 atom stereocenters. The average Bonchev–Trinajstić information content (AvgIpc) is 3.49. The van der Waals surface area contributed by atoms with Gasteiger partial charge in [-0.15, -0.1) is 11.3 Å². The van der Waals surface area contributed by atoms with Crippen molar-refractivity contribution in [2.75, 3.05) is 17.7 Å². The zero-order valence-electron chi connectivity index (χ0n) is 19.1. The first kappa shape index (κ1) is 22.7. The molecule has 8 nitrogen and oxygen atoms in total. The number of aryl methyl sites for hydroxylation is 1. The van der Waals surface area contributed by atoms with E-state index in [-0.39, 0.29) is 16.8 Å². The number of hydrogen-bond acceptors (Lipinski definition) is 7. The average molecular weight is 523 g/mol. The number of nitrogens with zero attached hydrogens (tertiary/aromatic N) is 4. The first-order valence-electron chi connectivity index (χ1n) is 11.3. The molecule has 1 aliphatic rings. The highest BCUT2D eigenvalue weighted by atomic mass is 35.5. The molecule has 0 saturated carbocycles. The van der Waals surface area contributed by atoms with Crippen molar-refractivity contribution < 1.29 is 13.9 Å². The van der Waals surface area contributed by atoms with Crippen molar-refractivity contribution >= 4 is 61.8 Å². The third-order valence-corrected chi connectivity index (χ3v) is 7.83. The Bertz CT molecular complexity index is 1630. The minimum absolute atomic E-state index is 0.0224. The summed E-state index contributed by atoms with van der Waals surface area (Å²) in [6, 6.07) is 8.05. The van der Waals surface area contributed by atoms with E-state index in [1.54, 1.807) is 35.5 Å². The molecule has 4 aromatic heterocycles. The van der Waals surface area contributed by atoms with E-state index >= 15 is 0 Å². The van der Waals surface area contributed by atoms with Crippen molar-refractivity contribution in [2.45, 2.75) is 19.3 Å². The molecule has 5 aromatic rings. The van der Waals surface area contributed by atoms with E-state index in [1.165, 1.54) is 18.2 Å². The van der Waals surface area contributed by atoms with E-state index in [4.69, 9.17) is 16.3 Å². The number of nitrogens with one attached hydrogen (secondary N) is 2. The molecule has 1 amide bonds. The van der Waals surface area contributed by atoms with Crippen LogP contribution in [0.2, 0.25) is 5.02 Å². The lowest BCUT2D eigenvalue weighted by Gasteiger charge is -2.22. The Morgan fingerprint density at radius 1 is 1.28 bits per heavy atom. The van der Waals surface area contributed by atoms with Gasteiger partial charge in [-0.3, -0.25) is 4.79 Å². The first-order chi connectivity index (χ1) is 17.5. The van der Waals surface area contributed by atoms with Crippen LogP contribution in [0.1, 0.15) is 16.9 Å². The summed E-state index contributed by atoms with van der Waals surface area (Å²) in [5, 5.41) is 11.5. The van der Waals surface area contributed by atoms with Crippen LogP contribution < -0.4 is 15.4 Å². The second kappa shape index (κ2) is 9.03. The Morgan fingerprint density at radius 2 is 2.17 bits per heavy atom. The fourth-order valence-corrected chi connectivity index (χ4v) is 6.03. The van der Waals surface area contributed by atoms with Crippen LogP contribution in [0.3, 0.4) is 0 Å². The van der Waals surface area contributed by atoms with Crippen molar-refractivity contribution in [1.82, 2.24) is 19.6 Å². The van der Waals surface area contributed by atoms with Crippen LogP contribution in [0.25, 0.3) is 15.7 Å². The Morgan fingerprint density at radius 3 is 3.00 bits per heavy atom. The number of carbonyl (C=O) groups excluding carboxylic acids is 1. The number of halogens is 2. The summed E-state index contributed by atoms with van der Waals surface area (Å²) in [6.45, 7) is 0. The molecule has 0 bridgehead atoms. The Kier molecular flexibility index (Phi) is 5.69. The number of anilines is 3. The van der Waals surface area contributed by atoms with Crippen LogP contribution in [0.4, 0.5) is 21.6 Å². The minimum atomic E-state index is -0.518. The summed E-state index contributed by atoms with van der Waals surface area (Å²) in [5.41, 5.74) is 3.34. The van der Waals surface area contributed by atoms with E-state index in [0.29, 0.717) is 30.1 Å². The molecule has 2 N–H and O–H groups in total. The smallest absolute Gasteiger partial charge is 0.227 e. The number of fused-ring (bicyclic) bond motifs is 4. The maximum Gasteiger partial charge on any atom is 0.227 e. The maximum atomic E-state index is 13.5. The quantitative estimate of drug-likeness (QED) is 0.311. The van der Waals surface area contributed by atoms with Gasteiger partial charge in [-0.2, -0.15) is 5.10 Å². The topological polar surface area (TPSA) is 93.4 Å². The van der Waals surface area contributed by atoms with Crippen LogP contribution in [-0.4, -0.2) is 32.6 Å². The van der Waals surface area contributed by atoms with Crippen LogP contribution in [0.5, 0.6) is 5.75 Å². The van der Waals surface area contributed by atoms with Crippen molar-refractivity contribution in [3.05, 3.63) is 70.3 Å². The lowest BCUT2D eigenvalue weighted by Crippen LogP contribution is -2.27. The van der Waals surface area contributed by atoms with Gasteiger partial charge < -0.3 is 15.4 Å². The standard InChI is InChI=1S/C25H20ClFN6O2S/c1-35-20-11-33-15(6-7-30-33)10-19(20)32-23-22-16-4-2-13(8-21(16)36-25(22)29-12-28-23)24(34)31-14-3-5-18(27)17(26)9-14/h3,5-7,9-13H,2,4,8H2,1H3,(H,31,34)(H,28,29,32). The number of pyridine rings is 1. The number of ether oxygens (including phenoxy) is 1. The molecule has 0 radical (unpaired) electrons. The Hall–Kier alpha value is -3.76. The fraction of sp³-hybridized carbons (Fsp3) is 0.200. The summed E-state index contributed by atoms with van der Waals surface area (Å²) in [7, 11) is 1.61. The number of thiophene rings is 1. The fourth-order valence-electron chi connectivity index (χ4n) is 4.58. The lowest BCUT2D eigenvalue weighted by molar-refractivity contribution is -0.120. The van der Waals surface area contributed by atoms with E-state index in [1.807, 2.05) is 18.3 Å². The van der Waals surface area contributed by atoms with Crippen LogP contribution in [-0.2, 0) is 17.6 Å². The Balaban J connectivity index is 1.28. The van der Waals surface area contributed by atoms with Crippen LogP contribution >= 0.6 is 22.9 Å². The van der Waals surface area contributed by atoms with Gasteiger partial charge in [0.1, 0.15) is 22.8 Å². The highest BCUT2D eigenvalue weighted by Crippen LogP contribution is 2.41. The molecule has 0 fully saturated rings. The summed E-state index contributed by atoms with van der Waals surface area (Å²) in [4.78, 5) is 24.0. The minimum Gasteiger partial charge on any atom is -0.493 e. The molecule has 6 rings (SSSR count).